The monoisotopic (exact) mass is 176 g/mol. The van der Waals surface area contributed by atoms with Crippen molar-refractivity contribution in [3.63, 3.8) is 0 Å². The molecule has 0 aliphatic rings. The van der Waals surface area contributed by atoms with Crippen molar-refractivity contribution in [3.8, 4) is 0 Å². The van der Waals surface area contributed by atoms with Gasteiger partial charge in [0.05, 0.1) is 12.6 Å². The molecule has 3 heteroatoms. The Labute approximate surface area is 77.4 Å². The molecule has 0 aliphatic carbocycles. The highest BCUT2D eigenvalue weighted by molar-refractivity contribution is 5.81. The van der Waals surface area contributed by atoms with Gasteiger partial charge in [0.25, 0.3) is 0 Å². The van der Waals surface area contributed by atoms with Crippen molar-refractivity contribution < 1.29 is 5.32 Å². The molecule has 1 aromatic carbocycles. The quantitative estimate of drug-likeness (QED) is 0.700. The molecule has 0 amide bonds. The van der Waals surface area contributed by atoms with Crippen LogP contribution in [-0.4, -0.2) is 16.8 Å². The number of rotatable bonds is 2. The van der Waals surface area contributed by atoms with E-state index in [-0.39, 0.29) is 0 Å². The van der Waals surface area contributed by atoms with Crippen LogP contribution in [-0.2, 0) is 13.6 Å². The van der Waals surface area contributed by atoms with Crippen molar-refractivity contribution in [2.75, 3.05) is 7.05 Å². The molecule has 0 saturated heterocycles. The van der Waals surface area contributed by atoms with E-state index in [0.717, 1.165) is 6.54 Å². The van der Waals surface area contributed by atoms with Crippen molar-refractivity contribution in [2.24, 2.45) is 7.05 Å². The highest BCUT2D eigenvalue weighted by Gasteiger charge is 2.07. The third kappa shape index (κ3) is 1.31. The van der Waals surface area contributed by atoms with Gasteiger partial charge in [-0.15, -0.1) is 0 Å². The fourth-order valence-corrected chi connectivity index (χ4v) is 1.63. The average Bonchev–Trinajstić information content (AvgIpc) is 2.46. The number of hydrogen-bond acceptors (Lipinski definition) is 1. The van der Waals surface area contributed by atoms with Gasteiger partial charge >= 0.3 is 0 Å². The van der Waals surface area contributed by atoms with Gasteiger partial charge in [-0.2, -0.15) is 5.10 Å². The second-order valence-corrected chi connectivity index (χ2v) is 3.20. The summed E-state index contributed by atoms with van der Waals surface area (Å²) in [6.45, 7) is 0.946. The van der Waals surface area contributed by atoms with Gasteiger partial charge in [0.1, 0.15) is 12.2 Å². The van der Waals surface area contributed by atoms with Crippen LogP contribution in [0.2, 0.25) is 0 Å². The van der Waals surface area contributed by atoms with Gasteiger partial charge in [-0.1, -0.05) is 18.2 Å². The summed E-state index contributed by atoms with van der Waals surface area (Å²) in [6.07, 6.45) is 0. The van der Waals surface area contributed by atoms with Crippen LogP contribution in [0.5, 0.6) is 0 Å². The number of aryl methyl sites for hydroxylation is 1. The van der Waals surface area contributed by atoms with Crippen LogP contribution in [0.3, 0.4) is 0 Å². The number of aromatic nitrogens is 2. The molecule has 0 saturated carbocycles. The number of benzene rings is 1. The van der Waals surface area contributed by atoms with Crippen molar-refractivity contribution in [1.29, 1.82) is 0 Å². The molecule has 0 unspecified atom stereocenters. The molecule has 2 rings (SSSR count). The van der Waals surface area contributed by atoms with Crippen LogP contribution >= 0.6 is 0 Å². The maximum absolute atomic E-state index is 4.46. The molecular formula is C10H14N3+. The summed E-state index contributed by atoms with van der Waals surface area (Å²) >= 11 is 0. The minimum atomic E-state index is 0.946. The van der Waals surface area contributed by atoms with Crippen molar-refractivity contribution in [2.45, 2.75) is 6.54 Å². The third-order valence-corrected chi connectivity index (χ3v) is 2.23. The minimum Gasteiger partial charge on any atom is -0.344 e. The summed E-state index contributed by atoms with van der Waals surface area (Å²) < 4.78 is 1.94. The van der Waals surface area contributed by atoms with E-state index in [1.54, 1.807) is 0 Å². The molecule has 0 spiro atoms. The Bertz CT molecular complexity index is 417. The summed E-state index contributed by atoms with van der Waals surface area (Å²) in [5, 5.41) is 7.87. The minimum absolute atomic E-state index is 0.946. The van der Waals surface area contributed by atoms with E-state index in [1.165, 1.54) is 16.6 Å². The summed E-state index contributed by atoms with van der Waals surface area (Å²) in [5.41, 5.74) is 2.37. The molecule has 3 nitrogen and oxygen atoms in total. The van der Waals surface area contributed by atoms with Gasteiger partial charge in [-0.25, -0.2) is 0 Å². The summed E-state index contributed by atoms with van der Waals surface area (Å²) in [7, 11) is 4.05. The third-order valence-electron chi connectivity index (χ3n) is 2.23. The van der Waals surface area contributed by atoms with Gasteiger partial charge in [0.15, 0.2) is 0 Å². The molecule has 1 heterocycles. The smallest absolute Gasteiger partial charge is 0.124 e. The number of para-hydroxylation sites is 1. The van der Waals surface area contributed by atoms with Gasteiger partial charge in [-0.05, 0) is 6.07 Å². The van der Waals surface area contributed by atoms with Gasteiger partial charge < -0.3 is 5.32 Å². The molecule has 68 valence electrons. The lowest BCUT2D eigenvalue weighted by molar-refractivity contribution is -0.643. The molecule has 0 bridgehead atoms. The van der Waals surface area contributed by atoms with Crippen LogP contribution < -0.4 is 5.32 Å². The zero-order chi connectivity index (χ0) is 9.26. The summed E-state index contributed by atoms with van der Waals surface area (Å²) in [6, 6.07) is 8.33. The molecule has 2 aromatic rings. The average molecular weight is 176 g/mol. The highest BCUT2D eigenvalue weighted by atomic mass is 15.3. The van der Waals surface area contributed by atoms with Crippen molar-refractivity contribution in [1.82, 2.24) is 9.78 Å². The van der Waals surface area contributed by atoms with Crippen molar-refractivity contribution >= 4 is 10.9 Å². The van der Waals surface area contributed by atoms with Crippen LogP contribution in [0, 0.1) is 0 Å². The largest absolute Gasteiger partial charge is 0.344 e. The molecule has 0 radical (unpaired) electrons. The molecule has 0 atom stereocenters. The second-order valence-electron chi connectivity index (χ2n) is 3.20. The van der Waals surface area contributed by atoms with E-state index >= 15 is 0 Å². The lowest BCUT2D eigenvalue weighted by Crippen LogP contribution is -2.77. The summed E-state index contributed by atoms with van der Waals surface area (Å²) in [4.78, 5) is 0. The van der Waals surface area contributed by atoms with E-state index in [4.69, 9.17) is 0 Å². The molecule has 0 aliphatic heterocycles. The predicted molar refractivity (Wildman–Crippen MR) is 52.3 cm³/mol. The number of fused-ring (bicyclic) bond motifs is 1. The number of nitrogens with two attached hydrogens (primary N) is 1. The first-order chi connectivity index (χ1) is 6.33. The highest BCUT2D eigenvalue weighted by Crippen LogP contribution is 2.15. The molecular weight excluding hydrogens is 162 g/mol. The van der Waals surface area contributed by atoms with Crippen LogP contribution in [0.4, 0.5) is 0 Å². The Kier molecular flexibility index (Phi) is 2.02. The molecule has 2 N–H and O–H groups in total. The van der Waals surface area contributed by atoms with Crippen LogP contribution in [0.25, 0.3) is 10.9 Å². The van der Waals surface area contributed by atoms with Crippen LogP contribution in [0.1, 0.15) is 5.69 Å². The van der Waals surface area contributed by atoms with Gasteiger partial charge in [-0.3, -0.25) is 4.68 Å². The molecule has 0 fully saturated rings. The lowest BCUT2D eigenvalue weighted by atomic mass is 10.2. The maximum Gasteiger partial charge on any atom is 0.124 e. The Morgan fingerprint density at radius 1 is 1.38 bits per heavy atom. The summed E-state index contributed by atoms with van der Waals surface area (Å²) in [5.74, 6) is 0. The molecule has 13 heavy (non-hydrogen) atoms. The maximum atomic E-state index is 4.46. The Morgan fingerprint density at radius 2 is 2.15 bits per heavy atom. The second kappa shape index (κ2) is 3.18. The molecule has 1 aromatic heterocycles. The van der Waals surface area contributed by atoms with E-state index in [1.807, 2.05) is 17.8 Å². The number of nitrogens with zero attached hydrogens (tertiary/aromatic N) is 2. The SMILES string of the molecule is C[NH2+]Cc1nn(C)c2ccccc12. The first-order valence-corrected chi connectivity index (χ1v) is 4.51. The van der Waals surface area contributed by atoms with E-state index in [0.29, 0.717) is 0 Å². The standard InChI is InChI=1S/C10H13N3/c1-11-7-9-8-5-3-4-6-10(8)13(2)12-9/h3-6,11H,7H2,1-2H3/p+1. The Balaban J connectivity index is 2.63. The fourth-order valence-electron chi connectivity index (χ4n) is 1.63. The Morgan fingerprint density at radius 3 is 2.92 bits per heavy atom. The Hall–Kier alpha value is -1.35. The topological polar surface area (TPSA) is 34.4 Å². The van der Waals surface area contributed by atoms with Gasteiger partial charge in [0.2, 0.25) is 0 Å². The lowest BCUT2D eigenvalue weighted by Gasteiger charge is -1.91. The van der Waals surface area contributed by atoms with Crippen LogP contribution in [0.15, 0.2) is 24.3 Å². The first kappa shape index (κ1) is 8.26. The van der Waals surface area contributed by atoms with E-state index in [2.05, 4.69) is 35.7 Å². The van der Waals surface area contributed by atoms with E-state index in [9.17, 15) is 0 Å². The van der Waals surface area contributed by atoms with Crippen molar-refractivity contribution in [3.05, 3.63) is 30.0 Å². The number of hydrogen-bond donors (Lipinski definition) is 1. The predicted octanol–water partition coefficient (Wildman–Crippen LogP) is 0.267. The first-order valence-electron chi connectivity index (χ1n) is 4.51. The van der Waals surface area contributed by atoms with Gasteiger partial charge in [0, 0.05) is 12.4 Å². The van der Waals surface area contributed by atoms with E-state index < -0.39 is 0 Å². The zero-order valence-corrected chi connectivity index (χ0v) is 7.99. The fraction of sp³-hybridized carbons (Fsp3) is 0.300. The normalized spacial score (nSPS) is 10.9. The zero-order valence-electron chi connectivity index (χ0n) is 7.99. The number of quaternary nitrogens is 1.